The lowest BCUT2D eigenvalue weighted by Crippen LogP contribution is -2.37. The zero-order valence-corrected chi connectivity index (χ0v) is 11.9. The van der Waals surface area contributed by atoms with Gasteiger partial charge in [0.05, 0.1) is 5.92 Å². The number of hydrogen-bond donors (Lipinski definition) is 1. The summed E-state index contributed by atoms with van der Waals surface area (Å²) in [5, 5.41) is -4.48. The van der Waals surface area contributed by atoms with Gasteiger partial charge in [-0.2, -0.15) is 17.2 Å². The second-order valence-electron chi connectivity index (χ2n) is 5.33. The van der Waals surface area contributed by atoms with Crippen molar-refractivity contribution in [1.82, 2.24) is 0 Å². The van der Waals surface area contributed by atoms with Gasteiger partial charge in [-0.1, -0.05) is 24.3 Å². The summed E-state index contributed by atoms with van der Waals surface area (Å²) < 4.78 is 59.6. The summed E-state index contributed by atoms with van der Waals surface area (Å²) in [7, 11) is -5.58. The minimum absolute atomic E-state index is 0.170. The summed E-state index contributed by atoms with van der Waals surface area (Å²) in [4.78, 5) is 11.8. The quantitative estimate of drug-likeness (QED) is 0.634. The number of alkyl halides is 2. The number of allylic oxidation sites excluding steroid dienone is 4. The van der Waals surface area contributed by atoms with E-state index < -0.39 is 33.9 Å². The Morgan fingerprint density at radius 3 is 2.48 bits per heavy atom. The van der Waals surface area contributed by atoms with Crippen molar-refractivity contribution in [3.8, 4) is 0 Å². The van der Waals surface area contributed by atoms with Gasteiger partial charge in [-0.05, 0) is 31.1 Å². The number of carbonyl (C=O) groups is 1. The van der Waals surface area contributed by atoms with Gasteiger partial charge in [-0.25, -0.2) is 0 Å². The highest BCUT2D eigenvalue weighted by Gasteiger charge is 2.46. The lowest BCUT2D eigenvalue weighted by molar-refractivity contribution is -0.156. The number of fused-ring (bicyclic) bond motifs is 1. The van der Waals surface area contributed by atoms with E-state index in [2.05, 4.69) is 10.8 Å². The molecule has 0 spiro atoms. The predicted molar refractivity (Wildman–Crippen MR) is 70.1 cm³/mol. The molecule has 2 aliphatic carbocycles. The summed E-state index contributed by atoms with van der Waals surface area (Å²) in [5.41, 5.74) is 0. The summed E-state index contributed by atoms with van der Waals surface area (Å²) >= 11 is 0. The SMILES string of the molecule is O=C(OCC(F)(F)S(=O)(=O)O)C1CCC2C=CC=CC2C1. The van der Waals surface area contributed by atoms with Crippen LogP contribution in [0.25, 0.3) is 0 Å². The molecule has 0 heterocycles. The van der Waals surface area contributed by atoms with Gasteiger partial charge in [0.2, 0.25) is 0 Å². The van der Waals surface area contributed by atoms with Gasteiger partial charge in [0.25, 0.3) is 0 Å². The van der Waals surface area contributed by atoms with Crippen molar-refractivity contribution >= 4 is 16.1 Å². The smallest absolute Gasteiger partial charge is 0.402 e. The maximum atomic E-state index is 13.0. The van der Waals surface area contributed by atoms with Crippen LogP contribution >= 0.6 is 0 Å². The fraction of sp³-hybridized carbons (Fsp3) is 0.615. The fourth-order valence-electron chi connectivity index (χ4n) is 2.66. The molecule has 0 aromatic heterocycles. The summed E-state index contributed by atoms with van der Waals surface area (Å²) in [6.45, 7) is -1.66. The van der Waals surface area contributed by atoms with Crippen molar-refractivity contribution in [1.29, 1.82) is 0 Å². The summed E-state index contributed by atoms with van der Waals surface area (Å²) in [6.07, 6.45) is 9.58. The third-order valence-corrected chi connectivity index (χ3v) is 4.75. The molecule has 0 aromatic carbocycles. The number of ether oxygens (including phenoxy) is 1. The Morgan fingerprint density at radius 1 is 1.24 bits per heavy atom. The third kappa shape index (κ3) is 3.68. The van der Waals surface area contributed by atoms with Crippen LogP contribution in [0.2, 0.25) is 0 Å². The van der Waals surface area contributed by atoms with Crippen LogP contribution in [0.4, 0.5) is 8.78 Å². The van der Waals surface area contributed by atoms with Crippen molar-refractivity contribution < 1.29 is 31.3 Å². The first-order valence-electron chi connectivity index (χ1n) is 6.57. The van der Waals surface area contributed by atoms with Gasteiger partial charge < -0.3 is 4.74 Å². The van der Waals surface area contributed by atoms with E-state index in [9.17, 15) is 22.0 Å². The molecule has 2 aliphatic rings. The summed E-state index contributed by atoms with van der Waals surface area (Å²) in [6, 6.07) is 0. The maximum Gasteiger partial charge on any atom is 0.402 e. The average Bonchev–Trinajstić information content (AvgIpc) is 2.43. The minimum atomic E-state index is -5.58. The second kappa shape index (κ2) is 5.84. The number of halogens is 2. The second-order valence-corrected chi connectivity index (χ2v) is 6.88. The highest BCUT2D eigenvalue weighted by molar-refractivity contribution is 7.86. The van der Waals surface area contributed by atoms with Crippen LogP contribution in [-0.4, -0.2) is 30.8 Å². The summed E-state index contributed by atoms with van der Waals surface area (Å²) in [5.74, 6) is -0.860. The Balaban J connectivity index is 1.90. The van der Waals surface area contributed by atoms with Gasteiger partial charge in [-0.3, -0.25) is 9.35 Å². The van der Waals surface area contributed by atoms with Crippen LogP contribution in [-0.2, 0) is 19.6 Å². The molecular formula is C13H16F2O5S. The van der Waals surface area contributed by atoms with Crippen LogP contribution < -0.4 is 0 Å². The van der Waals surface area contributed by atoms with Crippen LogP contribution in [0.3, 0.4) is 0 Å². The van der Waals surface area contributed by atoms with Crippen molar-refractivity contribution in [2.45, 2.75) is 24.5 Å². The molecule has 0 saturated heterocycles. The van der Waals surface area contributed by atoms with E-state index >= 15 is 0 Å². The molecule has 2 rings (SSSR count). The molecule has 0 aromatic rings. The minimum Gasteiger partial charge on any atom is -0.458 e. The van der Waals surface area contributed by atoms with E-state index in [1.54, 1.807) is 0 Å². The number of hydrogen-bond acceptors (Lipinski definition) is 4. The largest absolute Gasteiger partial charge is 0.458 e. The molecule has 5 nitrogen and oxygen atoms in total. The van der Waals surface area contributed by atoms with Gasteiger partial charge in [0.15, 0.2) is 6.61 Å². The van der Waals surface area contributed by atoms with Crippen LogP contribution in [0, 0.1) is 17.8 Å². The van der Waals surface area contributed by atoms with Crippen molar-refractivity contribution in [3.63, 3.8) is 0 Å². The van der Waals surface area contributed by atoms with Crippen molar-refractivity contribution in [2.24, 2.45) is 17.8 Å². The zero-order chi connectivity index (χ0) is 15.7. The standard InChI is InChI=1S/C13H16F2O5S/c14-13(15,21(17,18)19)8-20-12(16)11-6-5-9-3-1-2-4-10(9)7-11/h1-4,9-11H,5-8H2,(H,17,18,19). The van der Waals surface area contributed by atoms with E-state index in [0.717, 1.165) is 6.42 Å². The van der Waals surface area contributed by atoms with Crippen LogP contribution in [0.15, 0.2) is 24.3 Å². The molecule has 1 N–H and O–H groups in total. The maximum absolute atomic E-state index is 13.0. The molecule has 21 heavy (non-hydrogen) atoms. The van der Waals surface area contributed by atoms with E-state index in [1.165, 1.54) is 0 Å². The van der Waals surface area contributed by atoms with E-state index in [4.69, 9.17) is 4.55 Å². The normalized spacial score (nSPS) is 29.0. The van der Waals surface area contributed by atoms with E-state index in [0.29, 0.717) is 18.8 Å². The molecule has 1 saturated carbocycles. The molecule has 0 bridgehead atoms. The van der Waals surface area contributed by atoms with Gasteiger partial charge in [0, 0.05) is 0 Å². The number of esters is 1. The molecular weight excluding hydrogens is 306 g/mol. The fourth-order valence-corrected chi connectivity index (χ4v) is 2.87. The zero-order valence-electron chi connectivity index (χ0n) is 11.1. The van der Waals surface area contributed by atoms with Gasteiger partial charge in [-0.15, -0.1) is 0 Å². The Labute approximate surface area is 121 Å². The Morgan fingerprint density at radius 2 is 1.86 bits per heavy atom. The highest BCUT2D eigenvalue weighted by Crippen LogP contribution is 2.38. The molecule has 0 aliphatic heterocycles. The van der Waals surface area contributed by atoms with Crippen LogP contribution in [0.5, 0.6) is 0 Å². The average molecular weight is 322 g/mol. The molecule has 0 amide bonds. The number of carbonyl (C=O) groups excluding carboxylic acids is 1. The predicted octanol–water partition coefficient (Wildman–Crippen LogP) is 2.17. The lowest BCUT2D eigenvalue weighted by atomic mass is 9.72. The first kappa shape index (κ1) is 16.1. The molecule has 0 radical (unpaired) electrons. The van der Waals surface area contributed by atoms with E-state index in [-0.39, 0.29) is 5.92 Å². The molecule has 3 atom stereocenters. The van der Waals surface area contributed by atoms with Crippen LogP contribution in [0.1, 0.15) is 19.3 Å². The van der Waals surface area contributed by atoms with Crippen molar-refractivity contribution in [2.75, 3.05) is 6.61 Å². The number of rotatable bonds is 4. The molecule has 118 valence electrons. The third-order valence-electron chi connectivity index (χ3n) is 3.88. The monoisotopic (exact) mass is 322 g/mol. The first-order chi connectivity index (χ1) is 9.71. The molecule has 8 heteroatoms. The van der Waals surface area contributed by atoms with Gasteiger partial charge >= 0.3 is 21.3 Å². The van der Waals surface area contributed by atoms with Crippen molar-refractivity contribution in [3.05, 3.63) is 24.3 Å². The Bertz CT molecular complexity index is 567. The Kier molecular flexibility index (Phi) is 4.48. The highest BCUT2D eigenvalue weighted by atomic mass is 32.2. The molecule has 1 fully saturated rings. The first-order valence-corrected chi connectivity index (χ1v) is 8.01. The topological polar surface area (TPSA) is 80.7 Å². The molecule has 3 unspecified atom stereocenters. The lowest BCUT2D eigenvalue weighted by Gasteiger charge is -2.33. The van der Waals surface area contributed by atoms with Gasteiger partial charge in [0.1, 0.15) is 0 Å². The van der Waals surface area contributed by atoms with E-state index in [1.807, 2.05) is 18.2 Å². The Hall–Kier alpha value is -1.28.